The van der Waals surface area contributed by atoms with Gasteiger partial charge < -0.3 is 4.52 Å². The van der Waals surface area contributed by atoms with Crippen LogP contribution in [0.4, 0.5) is 0 Å². The lowest BCUT2D eigenvalue weighted by Gasteiger charge is -2.20. The molecule has 0 bridgehead atoms. The molecule has 0 N–H and O–H groups in total. The molecule has 0 fully saturated rings. The van der Waals surface area contributed by atoms with Crippen molar-refractivity contribution in [3.05, 3.63) is 46.2 Å². The molecule has 5 heteroatoms. The van der Waals surface area contributed by atoms with Gasteiger partial charge in [0.15, 0.2) is 0 Å². The molecule has 1 aliphatic rings. The molecule has 0 saturated carbocycles. The third-order valence-electron chi connectivity index (χ3n) is 2.97. The Hall–Kier alpha value is -0.600. The maximum atomic E-state index is 12.8. The minimum atomic E-state index is -3.28. The first-order chi connectivity index (χ1) is 8.89. The van der Waals surface area contributed by atoms with E-state index >= 15 is 0 Å². The molecule has 1 unspecified atom stereocenters. The summed E-state index contributed by atoms with van der Waals surface area (Å²) in [7, 11) is -3.28. The molecular formula is C14H18ClO3P. The van der Waals surface area contributed by atoms with Gasteiger partial charge in [-0.2, -0.15) is 0 Å². The van der Waals surface area contributed by atoms with Crippen molar-refractivity contribution in [2.45, 2.75) is 32.8 Å². The average Bonchev–Trinajstić information content (AvgIpc) is 2.51. The lowest BCUT2D eigenvalue weighted by molar-refractivity contribution is 0.133. The van der Waals surface area contributed by atoms with Gasteiger partial charge in [-0.15, -0.1) is 0 Å². The molecule has 1 aliphatic heterocycles. The van der Waals surface area contributed by atoms with Crippen LogP contribution in [0.15, 0.2) is 40.7 Å². The number of halogens is 1. The van der Waals surface area contributed by atoms with E-state index in [9.17, 15) is 4.57 Å². The number of rotatable bonds is 4. The summed E-state index contributed by atoms with van der Waals surface area (Å²) in [5.74, 6) is 0. The SMILES string of the molecule is CCOP1(=O)OC(C)(C)C(Cl)=C1Cc1ccccc1. The van der Waals surface area contributed by atoms with Crippen molar-refractivity contribution >= 4 is 19.2 Å². The molecule has 0 aromatic heterocycles. The Kier molecular flexibility index (Phi) is 4.22. The topological polar surface area (TPSA) is 35.5 Å². The number of hydrogen-bond acceptors (Lipinski definition) is 3. The largest absolute Gasteiger partial charge is 0.359 e. The minimum absolute atomic E-state index is 0.329. The highest BCUT2D eigenvalue weighted by Crippen LogP contribution is 2.67. The summed E-state index contributed by atoms with van der Waals surface area (Å²) in [6.45, 7) is 5.73. The molecule has 3 nitrogen and oxygen atoms in total. The first-order valence-corrected chi connectivity index (χ1v) is 8.20. The second kappa shape index (κ2) is 5.41. The van der Waals surface area contributed by atoms with Gasteiger partial charge in [-0.05, 0) is 26.3 Å². The highest BCUT2D eigenvalue weighted by molar-refractivity contribution is 7.59. The second-order valence-electron chi connectivity index (χ2n) is 4.94. The normalized spacial score (nSPS) is 25.9. The van der Waals surface area contributed by atoms with Crippen LogP contribution in [0.1, 0.15) is 26.3 Å². The Morgan fingerprint density at radius 3 is 2.53 bits per heavy atom. The van der Waals surface area contributed by atoms with Crippen molar-refractivity contribution in [3.63, 3.8) is 0 Å². The van der Waals surface area contributed by atoms with Crippen LogP contribution in [0.5, 0.6) is 0 Å². The molecule has 0 spiro atoms. The predicted molar refractivity (Wildman–Crippen MR) is 77.4 cm³/mol. The first-order valence-electron chi connectivity index (χ1n) is 6.28. The summed E-state index contributed by atoms with van der Waals surface area (Å²) in [5.41, 5.74) is 0.285. The second-order valence-corrected chi connectivity index (χ2v) is 7.29. The van der Waals surface area contributed by atoms with E-state index in [0.29, 0.717) is 23.4 Å². The summed E-state index contributed by atoms with van der Waals surface area (Å²) in [5, 5.41) is 1.07. The Bertz CT molecular complexity index is 537. The smallest absolute Gasteiger partial charge is 0.306 e. The van der Waals surface area contributed by atoms with Gasteiger partial charge in [0.2, 0.25) is 0 Å². The highest BCUT2D eigenvalue weighted by atomic mass is 35.5. The van der Waals surface area contributed by atoms with Gasteiger partial charge in [-0.3, -0.25) is 9.09 Å². The van der Waals surface area contributed by atoms with E-state index in [1.807, 2.05) is 30.3 Å². The van der Waals surface area contributed by atoms with Crippen LogP contribution in [-0.4, -0.2) is 12.2 Å². The maximum Gasteiger partial charge on any atom is 0.359 e. The van der Waals surface area contributed by atoms with E-state index in [1.165, 1.54) is 0 Å². The summed E-state index contributed by atoms with van der Waals surface area (Å²) in [6.07, 6.45) is 0.486. The Morgan fingerprint density at radius 2 is 1.95 bits per heavy atom. The molecule has 1 aromatic rings. The molecule has 1 atom stereocenters. The van der Waals surface area contributed by atoms with Crippen LogP contribution in [0.2, 0.25) is 0 Å². The number of benzene rings is 1. The molecule has 0 aliphatic carbocycles. The maximum absolute atomic E-state index is 12.8. The number of hydrogen-bond donors (Lipinski definition) is 0. The zero-order valence-electron chi connectivity index (χ0n) is 11.4. The van der Waals surface area contributed by atoms with Gasteiger partial charge in [0.05, 0.1) is 17.0 Å². The van der Waals surface area contributed by atoms with E-state index in [2.05, 4.69) is 0 Å². The van der Waals surface area contributed by atoms with Gasteiger partial charge in [0, 0.05) is 6.42 Å². The molecule has 2 rings (SSSR count). The van der Waals surface area contributed by atoms with E-state index in [4.69, 9.17) is 20.6 Å². The van der Waals surface area contributed by atoms with E-state index in [0.717, 1.165) is 5.56 Å². The average molecular weight is 301 g/mol. The monoisotopic (exact) mass is 300 g/mol. The molecule has 0 amide bonds. The molecule has 0 radical (unpaired) electrons. The van der Waals surface area contributed by atoms with Gasteiger partial charge in [-0.25, -0.2) is 0 Å². The van der Waals surface area contributed by atoms with E-state index in [-0.39, 0.29) is 0 Å². The fourth-order valence-corrected chi connectivity index (χ4v) is 4.81. The van der Waals surface area contributed by atoms with Gasteiger partial charge in [0.25, 0.3) is 0 Å². The van der Waals surface area contributed by atoms with Crippen molar-refractivity contribution in [1.82, 2.24) is 0 Å². The summed E-state index contributed by atoms with van der Waals surface area (Å²) < 4.78 is 23.8. The quantitative estimate of drug-likeness (QED) is 0.755. The highest BCUT2D eigenvalue weighted by Gasteiger charge is 2.48. The summed E-state index contributed by atoms with van der Waals surface area (Å²) in [4.78, 5) is 0. The minimum Gasteiger partial charge on any atom is -0.306 e. The van der Waals surface area contributed by atoms with Crippen molar-refractivity contribution in [2.75, 3.05) is 6.61 Å². The van der Waals surface area contributed by atoms with E-state index < -0.39 is 13.2 Å². The lowest BCUT2D eigenvalue weighted by Crippen LogP contribution is -2.18. The molecule has 1 heterocycles. The molecule has 104 valence electrons. The zero-order chi connectivity index (χ0) is 14.1. The van der Waals surface area contributed by atoms with Crippen molar-refractivity contribution in [3.8, 4) is 0 Å². The fourth-order valence-electron chi connectivity index (χ4n) is 2.10. The van der Waals surface area contributed by atoms with Crippen LogP contribution in [0, 0.1) is 0 Å². The lowest BCUT2D eigenvalue weighted by atomic mass is 10.1. The molecule has 19 heavy (non-hydrogen) atoms. The third kappa shape index (κ3) is 2.95. The van der Waals surface area contributed by atoms with Crippen LogP contribution in [0.3, 0.4) is 0 Å². The van der Waals surface area contributed by atoms with Crippen LogP contribution in [0.25, 0.3) is 0 Å². The van der Waals surface area contributed by atoms with Crippen LogP contribution in [-0.2, 0) is 20.0 Å². The molecule has 1 aromatic carbocycles. The van der Waals surface area contributed by atoms with E-state index in [1.54, 1.807) is 20.8 Å². The third-order valence-corrected chi connectivity index (χ3v) is 6.13. The standard InChI is InChI=1S/C14H18ClO3P/c1-4-17-19(16)12(13(15)14(2,3)18-19)10-11-8-6-5-7-9-11/h5-9H,4,10H2,1-3H3. The van der Waals surface area contributed by atoms with Crippen molar-refractivity contribution in [2.24, 2.45) is 0 Å². The van der Waals surface area contributed by atoms with Crippen molar-refractivity contribution in [1.29, 1.82) is 0 Å². The first kappa shape index (κ1) is 14.8. The Balaban J connectivity index is 2.38. The van der Waals surface area contributed by atoms with Crippen molar-refractivity contribution < 1.29 is 13.6 Å². The number of allylic oxidation sites excluding steroid dienone is 1. The van der Waals surface area contributed by atoms with Crippen LogP contribution < -0.4 is 0 Å². The van der Waals surface area contributed by atoms with Gasteiger partial charge in [-0.1, -0.05) is 41.9 Å². The molecular weight excluding hydrogens is 283 g/mol. The molecule has 0 saturated heterocycles. The Morgan fingerprint density at radius 1 is 1.32 bits per heavy atom. The Labute approximate surface area is 119 Å². The predicted octanol–water partition coefficient (Wildman–Crippen LogP) is 4.72. The van der Waals surface area contributed by atoms with Gasteiger partial charge >= 0.3 is 7.60 Å². The zero-order valence-corrected chi connectivity index (χ0v) is 13.0. The summed E-state index contributed by atoms with van der Waals surface area (Å²) >= 11 is 6.34. The van der Waals surface area contributed by atoms with Crippen LogP contribution >= 0.6 is 19.2 Å². The summed E-state index contributed by atoms with van der Waals surface area (Å²) in [6, 6.07) is 9.76. The fraction of sp³-hybridized carbons (Fsp3) is 0.429. The van der Waals surface area contributed by atoms with Gasteiger partial charge in [0.1, 0.15) is 5.60 Å².